The van der Waals surface area contributed by atoms with Crippen LogP contribution in [0.4, 0.5) is 10.5 Å². The van der Waals surface area contributed by atoms with Crippen molar-refractivity contribution in [2.24, 2.45) is 0 Å². The summed E-state index contributed by atoms with van der Waals surface area (Å²) >= 11 is 9.67. The molecule has 4 rings (SSSR count). The standard InChI is InChI=1S/C26H20BrClN2O4/c1-2-16-7-10-20(11-8-16)30-25(32)21(24(31)29-26(30)33)14-18-13-19(28)9-12-23(18)34-15-17-5-3-4-6-22(17)27/h3-14H,2,15H2,1H3,(H,29,31,33)/b21-14+. The molecule has 1 aliphatic heterocycles. The normalized spacial score (nSPS) is 15.0. The van der Waals surface area contributed by atoms with Crippen LogP contribution in [0, 0.1) is 0 Å². The van der Waals surface area contributed by atoms with Crippen molar-refractivity contribution >= 4 is 57.1 Å². The Balaban J connectivity index is 1.67. The summed E-state index contributed by atoms with van der Waals surface area (Å²) in [5, 5.41) is 2.64. The summed E-state index contributed by atoms with van der Waals surface area (Å²) < 4.78 is 6.87. The minimum Gasteiger partial charge on any atom is -0.488 e. The van der Waals surface area contributed by atoms with Gasteiger partial charge in [-0.3, -0.25) is 14.9 Å². The largest absolute Gasteiger partial charge is 0.488 e. The lowest BCUT2D eigenvalue weighted by atomic mass is 10.1. The number of benzene rings is 3. The molecule has 3 aromatic carbocycles. The van der Waals surface area contributed by atoms with E-state index in [1.54, 1.807) is 30.3 Å². The second kappa shape index (κ2) is 10.2. The molecule has 1 aliphatic rings. The third-order valence-corrected chi connectivity index (χ3v) is 6.33. The molecule has 0 atom stereocenters. The highest BCUT2D eigenvalue weighted by Crippen LogP contribution is 2.29. The Bertz CT molecular complexity index is 1300. The van der Waals surface area contributed by atoms with Crippen LogP contribution in [0.2, 0.25) is 5.02 Å². The fourth-order valence-corrected chi connectivity index (χ4v) is 4.04. The quantitative estimate of drug-likeness (QED) is 0.312. The van der Waals surface area contributed by atoms with E-state index in [0.717, 1.165) is 26.9 Å². The molecule has 0 aliphatic carbocycles. The SMILES string of the molecule is CCc1ccc(N2C(=O)NC(=O)/C(=C\c3cc(Cl)ccc3OCc3ccccc3Br)C2=O)cc1. The van der Waals surface area contributed by atoms with Crippen LogP contribution in [-0.2, 0) is 22.6 Å². The average Bonchev–Trinajstić information content (AvgIpc) is 2.82. The van der Waals surface area contributed by atoms with E-state index in [1.165, 1.54) is 6.08 Å². The lowest BCUT2D eigenvalue weighted by Crippen LogP contribution is -2.54. The summed E-state index contributed by atoms with van der Waals surface area (Å²) in [5.41, 5.74) is 2.59. The Hall–Kier alpha value is -3.42. The topological polar surface area (TPSA) is 75.7 Å². The lowest BCUT2D eigenvalue weighted by Gasteiger charge is -2.26. The third-order valence-electron chi connectivity index (χ3n) is 5.32. The first kappa shape index (κ1) is 23.7. The Morgan fingerprint density at radius 2 is 1.76 bits per heavy atom. The van der Waals surface area contributed by atoms with E-state index in [-0.39, 0.29) is 12.2 Å². The van der Waals surface area contributed by atoms with Crippen molar-refractivity contribution in [3.05, 3.63) is 98.5 Å². The number of hydrogen-bond donors (Lipinski definition) is 1. The van der Waals surface area contributed by atoms with Gasteiger partial charge in [-0.25, -0.2) is 9.69 Å². The van der Waals surface area contributed by atoms with Crippen molar-refractivity contribution in [1.29, 1.82) is 0 Å². The van der Waals surface area contributed by atoms with Crippen molar-refractivity contribution in [3.63, 3.8) is 0 Å². The smallest absolute Gasteiger partial charge is 0.335 e. The maximum Gasteiger partial charge on any atom is 0.335 e. The number of aryl methyl sites for hydroxylation is 1. The van der Waals surface area contributed by atoms with Gasteiger partial charge >= 0.3 is 6.03 Å². The van der Waals surface area contributed by atoms with Crippen molar-refractivity contribution in [2.45, 2.75) is 20.0 Å². The first-order chi connectivity index (χ1) is 16.4. The van der Waals surface area contributed by atoms with Crippen LogP contribution < -0.4 is 15.0 Å². The highest BCUT2D eigenvalue weighted by molar-refractivity contribution is 9.10. The highest BCUT2D eigenvalue weighted by atomic mass is 79.9. The van der Waals surface area contributed by atoms with E-state index >= 15 is 0 Å². The van der Waals surface area contributed by atoms with E-state index in [1.807, 2.05) is 43.3 Å². The maximum absolute atomic E-state index is 13.2. The number of hydrogen-bond acceptors (Lipinski definition) is 4. The zero-order valence-electron chi connectivity index (χ0n) is 18.2. The second-order valence-corrected chi connectivity index (χ2v) is 8.83. The molecule has 0 spiro atoms. The van der Waals surface area contributed by atoms with Crippen LogP contribution in [0.25, 0.3) is 6.08 Å². The highest BCUT2D eigenvalue weighted by Gasteiger charge is 2.37. The van der Waals surface area contributed by atoms with Gasteiger partial charge in [-0.15, -0.1) is 0 Å². The van der Waals surface area contributed by atoms with Crippen LogP contribution in [0.15, 0.2) is 76.8 Å². The number of urea groups is 1. The number of anilines is 1. The summed E-state index contributed by atoms with van der Waals surface area (Å²) in [6.07, 6.45) is 2.21. The molecule has 34 heavy (non-hydrogen) atoms. The molecule has 1 N–H and O–H groups in total. The number of carbonyl (C=O) groups is 3. The fraction of sp³-hybridized carbons (Fsp3) is 0.115. The van der Waals surface area contributed by atoms with Crippen LogP contribution in [-0.4, -0.2) is 17.8 Å². The zero-order valence-corrected chi connectivity index (χ0v) is 20.5. The molecular formula is C26H20BrClN2O4. The van der Waals surface area contributed by atoms with Crippen LogP contribution >= 0.6 is 27.5 Å². The number of nitrogens with zero attached hydrogens (tertiary/aromatic N) is 1. The molecule has 6 nitrogen and oxygen atoms in total. The predicted molar refractivity (Wildman–Crippen MR) is 135 cm³/mol. The molecular weight excluding hydrogens is 520 g/mol. The van der Waals surface area contributed by atoms with Gasteiger partial charge in [-0.05, 0) is 54.5 Å². The van der Waals surface area contributed by atoms with Crippen LogP contribution in [0.5, 0.6) is 5.75 Å². The van der Waals surface area contributed by atoms with E-state index in [4.69, 9.17) is 16.3 Å². The predicted octanol–water partition coefficient (Wildman–Crippen LogP) is 5.91. The van der Waals surface area contributed by atoms with Gasteiger partial charge in [-0.1, -0.05) is 64.8 Å². The van der Waals surface area contributed by atoms with Crippen molar-refractivity contribution in [3.8, 4) is 5.75 Å². The Kier molecular flexibility index (Phi) is 7.14. The molecule has 0 bridgehead atoms. The first-order valence-corrected chi connectivity index (χ1v) is 11.7. The number of barbiturate groups is 1. The van der Waals surface area contributed by atoms with Gasteiger partial charge in [0.05, 0.1) is 5.69 Å². The molecule has 0 aromatic heterocycles. The summed E-state index contributed by atoms with van der Waals surface area (Å²) in [6.45, 7) is 2.27. The average molecular weight is 540 g/mol. The van der Waals surface area contributed by atoms with E-state index in [2.05, 4.69) is 21.2 Å². The molecule has 0 unspecified atom stereocenters. The number of imide groups is 2. The molecule has 1 saturated heterocycles. The Morgan fingerprint density at radius 1 is 1.03 bits per heavy atom. The number of amides is 4. The number of carbonyl (C=O) groups excluding carboxylic acids is 3. The maximum atomic E-state index is 13.2. The monoisotopic (exact) mass is 538 g/mol. The van der Waals surface area contributed by atoms with Gasteiger partial charge in [0.15, 0.2) is 0 Å². The van der Waals surface area contributed by atoms with Gasteiger partial charge < -0.3 is 4.74 Å². The molecule has 1 heterocycles. The minimum atomic E-state index is -0.798. The number of nitrogens with one attached hydrogen (secondary N) is 1. The van der Waals surface area contributed by atoms with E-state index in [0.29, 0.717) is 22.0 Å². The summed E-state index contributed by atoms with van der Waals surface area (Å²) in [5.74, 6) is -1.08. The second-order valence-electron chi connectivity index (χ2n) is 7.54. The lowest BCUT2D eigenvalue weighted by molar-refractivity contribution is -0.122. The van der Waals surface area contributed by atoms with Gasteiger partial charge in [-0.2, -0.15) is 0 Å². The van der Waals surface area contributed by atoms with Crippen molar-refractivity contribution in [2.75, 3.05) is 4.90 Å². The number of ether oxygens (including phenoxy) is 1. The first-order valence-electron chi connectivity index (χ1n) is 10.5. The molecule has 3 aromatic rings. The number of halogens is 2. The van der Waals surface area contributed by atoms with Gasteiger partial charge in [0.25, 0.3) is 11.8 Å². The van der Waals surface area contributed by atoms with Gasteiger partial charge in [0.2, 0.25) is 0 Å². The molecule has 0 radical (unpaired) electrons. The van der Waals surface area contributed by atoms with Gasteiger partial charge in [0, 0.05) is 20.6 Å². The Labute approximate surface area is 210 Å². The van der Waals surface area contributed by atoms with Gasteiger partial charge in [0.1, 0.15) is 17.9 Å². The summed E-state index contributed by atoms with van der Waals surface area (Å²) in [7, 11) is 0. The number of rotatable bonds is 6. The summed E-state index contributed by atoms with van der Waals surface area (Å²) in [6, 6.07) is 18.8. The molecule has 4 amide bonds. The summed E-state index contributed by atoms with van der Waals surface area (Å²) in [4.78, 5) is 39.2. The molecule has 8 heteroatoms. The fourth-order valence-electron chi connectivity index (χ4n) is 3.46. The van der Waals surface area contributed by atoms with Crippen molar-refractivity contribution < 1.29 is 19.1 Å². The third kappa shape index (κ3) is 5.05. The van der Waals surface area contributed by atoms with Crippen LogP contribution in [0.1, 0.15) is 23.6 Å². The van der Waals surface area contributed by atoms with Crippen molar-refractivity contribution in [1.82, 2.24) is 5.32 Å². The van der Waals surface area contributed by atoms with E-state index in [9.17, 15) is 14.4 Å². The Morgan fingerprint density at radius 3 is 2.47 bits per heavy atom. The van der Waals surface area contributed by atoms with Crippen LogP contribution in [0.3, 0.4) is 0 Å². The van der Waals surface area contributed by atoms with E-state index < -0.39 is 17.8 Å². The minimum absolute atomic E-state index is 0.202. The zero-order chi connectivity index (χ0) is 24.2. The molecule has 172 valence electrons. The molecule has 0 saturated carbocycles. The molecule has 1 fully saturated rings.